The van der Waals surface area contributed by atoms with Crippen molar-refractivity contribution in [2.24, 2.45) is 5.73 Å². The second kappa shape index (κ2) is 6.80. The predicted molar refractivity (Wildman–Crippen MR) is 79.4 cm³/mol. The van der Waals surface area contributed by atoms with Crippen LogP contribution in [0.1, 0.15) is 5.56 Å². The Hall–Kier alpha value is -0.230. The van der Waals surface area contributed by atoms with Crippen molar-refractivity contribution in [3.63, 3.8) is 0 Å². The fourth-order valence-corrected chi connectivity index (χ4v) is 3.54. The molecule has 0 spiro atoms. The summed E-state index contributed by atoms with van der Waals surface area (Å²) in [6.45, 7) is 0.815. The zero-order valence-electron chi connectivity index (χ0n) is 10.4. The van der Waals surface area contributed by atoms with E-state index in [1.54, 1.807) is 7.11 Å². The number of hydrogen-bond donors (Lipinski definition) is 1. The number of ether oxygens (including phenoxy) is 2. The van der Waals surface area contributed by atoms with Crippen LogP contribution in [0.4, 0.5) is 0 Å². The van der Waals surface area contributed by atoms with Gasteiger partial charge in [0.05, 0.1) is 24.3 Å². The normalized spacial score (nSPS) is 21.6. The van der Waals surface area contributed by atoms with Crippen molar-refractivity contribution in [1.82, 2.24) is 0 Å². The summed E-state index contributed by atoms with van der Waals surface area (Å²) in [5.41, 5.74) is 7.42. The van der Waals surface area contributed by atoms with Gasteiger partial charge in [-0.3, -0.25) is 0 Å². The van der Waals surface area contributed by atoms with E-state index in [1.165, 1.54) is 5.56 Å². The number of hydrogen-bond acceptors (Lipinski definition) is 4. The molecule has 5 heteroatoms. The van der Waals surface area contributed by atoms with E-state index in [2.05, 4.69) is 28.1 Å². The first-order valence-electron chi connectivity index (χ1n) is 5.98. The molecule has 1 aromatic carbocycles. The van der Waals surface area contributed by atoms with E-state index in [0.717, 1.165) is 34.8 Å². The molecule has 2 N–H and O–H groups in total. The first-order chi connectivity index (χ1) is 8.70. The number of methoxy groups -OCH3 is 1. The molecule has 0 saturated carbocycles. The van der Waals surface area contributed by atoms with Gasteiger partial charge in [-0.05, 0) is 40.0 Å². The minimum absolute atomic E-state index is 0.0538. The Balaban J connectivity index is 1.97. The number of rotatable bonds is 4. The maximum atomic E-state index is 6.22. The van der Waals surface area contributed by atoms with Gasteiger partial charge in [0, 0.05) is 17.5 Å². The molecule has 2 rings (SSSR count). The molecule has 1 aliphatic rings. The smallest absolute Gasteiger partial charge is 0.133 e. The minimum Gasteiger partial charge on any atom is -0.496 e. The molecule has 0 bridgehead atoms. The maximum Gasteiger partial charge on any atom is 0.133 e. The maximum absolute atomic E-state index is 6.22. The van der Waals surface area contributed by atoms with E-state index in [9.17, 15) is 0 Å². The molecule has 3 nitrogen and oxygen atoms in total. The molecule has 0 aromatic heterocycles. The van der Waals surface area contributed by atoms with Gasteiger partial charge >= 0.3 is 0 Å². The molecule has 2 unspecified atom stereocenters. The second-order valence-electron chi connectivity index (χ2n) is 4.32. The van der Waals surface area contributed by atoms with Crippen LogP contribution in [0.15, 0.2) is 22.7 Å². The van der Waals surface area contributed by atoms with E-state index < -0.39 is 0 Å². The molecule has 18 heavy (non-hydrogen) atoms. The Morgan fingerprint density at radius 3 is 3.06 bits per heavy atom. The third-order valence-corrected chi connectivity index (χ3v) is 4.65. The zero-order valence-corrected chi connectivity index (χ0v) is 12.8. The van der Waals surface area contributed by atoms with E-state index in [0.29, 0.717) is 0 Å². The van der Waals surface area contributed by atoms with Crippen molar-refractivity contribution in [3.8, 4) is 5.75 Å². The molecule has 1 aromatic rings. The van der Waals surface area contributed by atoms with E-state index >= 15 is 0 Å². The third kappa shape index (κ3) is 3.63. The van der Waals surface area contributed by atoms with Gasteiger partial charge in [-0.25, -0.2) is 0 Å². The Morgan fingerprint density at radius 1 is 1.61 bits per heavy atom. The summed E-state index contributed by atoms with van der Waals surface area (Å²) in [5.74, 6) is 2.92. The quantitative estimate of drug-likeness (QED) is 0.920. The number of nitrogens with two attached hydrogens (primary N) is 1. The Kier molecular flexibility index (Phi) is 5.36. The predicted octanol–water partition coefficient (Wildman–Crippen LogP) is 2.46. The standard InChI is InChI=1S/C13H18BrNO2S/c1-16-12-3-2-9(6-10(12)14)7-11(15)13-8-18-5-4-17-13/h2-3,6,11,13H,4-5,7-8,15H2,1H3. The van der Waals surface area contributed by atoms with Crippen molar-refractivity contribution in [1.29, 1.82) is 0 Å². The zero-order chi connectivity index (χ0) is 13.0. The molecule has 100 valence electrons. The fourth-order valence-electron chi connectivity index (χ4n) is 1.99. The van der Waals surface area contributed by atoms with Gasteiger partial charge in [0.2, 0.25) is 0 Å². The van der Waals surface area contributed by atoms with Crippen LogP contribution in [0.2, 0.25) is 0 Å². The van der Waals surface area contributed by atoms with Crippen molar-refractivity contribution in [2.75, 3.05) is 25.2 Å². The minimum atomic E-state index is 0.0538. The fraction of sp³-hybridized carbons (Fsp3) is 0.538. The van der Waals surface area contributed by atoms with E-state index in [-0.39, 0.29) is 12.1 Å². The van der Waals surface area contributed by atoms with Gasteiger partial charge in [-0.1, -0.05) is 6.07 Å². The highest BCUT2D eigenvalue weighted by atomic mass is 79.9. The summed E-state index contributed by atoms with van der Waals surface area (Å²) >= 11 is 5.41. The van der Waals surface area contributed by atoms with Crippen molar-refractivity contribution in [2.45, 2.75) is 18.6 Å². The highest BCUT2D eigenvalue weighted by molar-refractivity contribution is 9.10. The Labute approximate surface area is 121 Å². The summed E-state index contributed by atoms with van der Waals surface area (Å²) in [7, 11) is 1.67. The first kappa shape index (κ1) is 14.2. The Bertz CT molecular complexity index is 397. The van der Waals surface area contributed by atoms with Gasteiger partial charge < -0.3 is 15.2 Å². The van der Waals surface area contributed by atoms with Crippen LogP contribution in [-0.2, 0) is 11.2 Å². The lowest BCUT2D eigenvalue weighted by molar-refractivity contribution is 0.0572. The molecular formula is C13H18BrNO2S. The Morgan fingerprint density at radius 2 is 2.44 bits per heavy atom. The molecule has 2 atom stereocenters. The molecule has 0 radical (unpaired) electrons. The number of benzene rings is 1. The van der Waals surface area contributed by atoms with Gasteiger partial charge in [0.1, 0.15) is 5.75 Å². The monoisotopic (exact) mass is 331 g/mol. The highest BCUT2D eigenvalue weighted by Crippen LogP contribution is 2.26. The first-order valence-corrected chi connectivity index (χ1v) is 7.93. The molecule has 0 amide bonds. The average molecular weight is 332 g/mol. The highest BCUT2D eigenvalue weighted by Gasteiger charge is 2.22. The van der Waals surface area contributed by atoms with E-state index in [4.69, 9.17) is 15.2 Å². The van der Waals surface area contributed by atoms with Gasteiger partial charge in [0.25, 0.3) is 0 Å². The molecule has 1 saturated heterocycles. The van der Waals surface area contributed by atoms with Crippen molar-refractivity contribution >= 4 is 27.7 Å². The second-order valence-corrected chi connectivity index (χ2v) is 6.33. The average Bonchev–Trinajstić information content (AvgIpc) is 2.40. The van der Waals surface area contributed by atoms with Crippen LogP contribution in [0.25, 0.3) is 0 Å². The van der Waals surface area contributed by atoms with Gasteiger partial charge in [0.15, 0.2) is 0 Å². The van der Waals surface area contributed by atoms with Gasteiger partial charge in [-0.15, -0.1) is 0 Å². The van der Waals surface area contributed by atoms with Crippen LogP contribution < -0.4 is 10.5 Å². The van der Waals surface area contributed by atoms with Crippen LogP contribution >= 0.6 is 27.7 Å². The summed E-state index contributed by atoms with van der Waals surface area (Å²) < 4.78 is 11.9. The van der Waals surface area contributed by atoms with Crippen LogP contribution in [-0.4, -0.2) is 37.4 Å². The van der Waals surface area contributed by atoms with E-state index in [1.807, 2.05) is 17.8 Å². The lowest BCUT2D eigenvalue weighted by atomic mass is 10.0. The molecule has 1 heterocycles. The molecule has 0 aliphatic carbocycles. The number of halogens is 1. The largest absolute Gasteiger partial charge is 0.496 e. The SMILES string of the molecule is COc1ccc(CC(N)C2CSCCO2)cc1Br. The topological polar surface area (TPSA) is 44.5 Å². The lowest BCUT2D eigenvalue weighted by Gasteiger charge is -2.27. The van der Waals surface area contributed by atoms with Crippen LogP contribution in [0.5, 0.6) is 5.75 Å². The molecular weight excluding hydrogens is 314 g/mol. The summed E-state index contributed by atoms with van der Waals surface area (Å²) in [4.78, 5) is 0. The molecule has 1 fully saturated rings. The van der Waals surface area contributed by atoms with Crippen molar-refractivity contribution < 1.29 is 9.47 Å². The van der Waals surface area contributed by atoms with Gasteiger partial charge in [-0.2, -0.15) is 11.8 Å². The summed E-state index contributed by atoms with van der Waals surface area (Å²) in [6, 6.07) is 6.13. The lowest BCUT2D eigenvalue weighted by Crippen LogP contribution is -2.42. The van der Waals surface area contributed by atoms with Crippen molar-refractivity contribution in [3.05, 3.63) is 28.2 Å². The molecule has 1 aliphatic heterocycles. The van der Waals surface area contributed by atoms with Crippen LogP contribution in [0, 0.1) is 0 Å². The number of thioether (sulfide) groups is 1. The summed E-state index contributed by atoms with van der Waals surface area (Å²) in [6.07, 6.45) is 0.998. The third-order valence-electron chi connectivity index (χ3n) is 3.01. The summed E-state index contributed by atoms with van der Waals surface area (Å²) in [5, 5.41) is 0. The van der Waals surface area contributed by atoms with Crippen LogP contribution in [0.3, 0.4) is 0 Å².